The van der Waals surface area contributed by atoms with Crippen LogP contribution in [0, 0.1) is 5.82 Å². The molecule has 8 heteroatoms. The molecule has 4 rings (SSSR count). The Labute approximate surface area is 197 Å². The number of nitrogens with zero attached hydrogens (tertiary/aromatic N) is 2. The molecular weight excluding hydrogens is 435 g/mol. The van der Waals surface area contributed by atoms with E-state index in [0.29, 0.717) is 0 Å². The number of urea groups is 1. The second-order valence-corrected chi connectivity index (χ2v) is 8.91. The molecule has 2 aliphatic heterocycles. The van der Waals surface area contributed by atoms with E-state index in [9.17, 15) is 18.8 Å². The highest BCUT2D eigenvalue weighted by Crippen LogP contribution is 2.39. The quantitative estimate of drug-likeness (QED) is 0.511. The number of likely N-dealkylation sites (N-methyl/N-ethyl adjacent to an activating group) is 1. The van der Waals surface area contributed by atoms with Gasteiger partial charge in [0.05, 0.1) is 11.2 Å². The van der Waals surface area contributed by atoms with Crippen molar-refractivity contribution in [3.63, 3.8) is 0 Å². The zero-order valence-corrected chi connectivity index (χ0v) is 19.6. The van der Waals surface area contributed by atoms with Crippen LogP contribution in [-0.2, 0) is 9.59 Å². The predicted molar refractivity (Wildman–Crippen MR) is 130 cm³/mol. The van der Waals surface area contributed by atoms with Gasteiger partial charge in [0.2, 0.25) is 5.91 Å². The van der Waals surface area contributed by atoms with E-state index in [1.165, 1.54) is 18.2 Å². The largest absolute Gasteiger partial charge is 0.363 e. The number of para-hydroxylation sites is 1. The molecule has 0 aliphatic carbocycles. The fourth-order valence-electron chi connectivity index (χ4n) is 4.55. The predicted octanol–water partition coefficient (Wildman–Crippen LogP) is 4.38. The molecule has 0 aromatic heterocycles. The lowest BCUT2D eigenvalue weighted by atomic mass is 9.88. The van der Waals surface area contributed by atoms with Gasteiger partial charge in [-0.3, -0.25) is 9.59 Å². The number of nitrogens with one attached hydrogen (secondary N) is 2. The van der Waals surface area contributed by atoms with Crippen molar-refractivity contribution in [2.45, 2.75) is 33.2 Å². The first-order valence-electron chi connectivity index (χ1n) is 11.1. The first kappa shape index (κ1) is 23.2. The molecule has 2 aliphatic rings. The number of rotatable bonds is 5. The topological polar surface area (TPSA) is 81.8 Å². The van der Waals surface area contributed by atoms with E-state index >= 15 is 0 Å². The summed E-state index contributed by atoms with van der Waals surface area (Å²) >= 11 is 0. The molecule has 2 N–H and O–H groups in total. The van der Waals surface area contributed by atoms with Crippen molar-refractivity contribution in [2.24, 2.45) is 0 Å². The van der Waals surface area contributed by atoms with Crippen molar-refractivity contribution < 1.29 is 18.8 Å². The van der Waals surface area contributed by atoms with Gasteiger partial charge in [0.1, 0.15) is 18.1 Å². The number of allylic oxidation sites excluding steroid dienone is 1. The lowest BCUT2D eigenvalue weighted by molar-refractivity contribution is -0.127. The molecule has 0 spiro atoms. The highest BCUT2D eigenvalue weighted by Gasteiger charge is 2.35. The van der Waals surface area contributed by atoms with Gasteiger partial charge < -0.3 is 15.5 Å². The minimum Gasteiger partial charge on any atom is -0.363 e. The smallest absolute Gasteiger partial charge is 0.329 e. The van der Waals surface area contributed by atoms with E-state index in [-0.39, 0.29) is 16.9 Å². The normalized spacial score (nSPS) is 18.0. The van der Waals surface area contributed by atoms with Crippen LogP contribution in [0.2, 0.25) is 0 Å². The number of hydrogen-bond acceptors (Lipinski definition) is 4. The van der Waals surface area contributed by atoms with E-state index in [0.717, 1.165) is 33.8 Å². The Kier molecular flexibility index (Phi) is 6.00. The zero-order chi connectivity index (χ0) is 24.6. The highest BCUT2D eigenvalue weighted by molar-refractivity contribution is 6.16. The third kappa shape index (κ3) is 4.31. The summed E-state index contributed by atoms with van der Waals surface area (Å²) in [6, 6.07) is 10.9. The molecule has 2 aromatic rings. The fourth-order valence-corrected chi connectivity index (χ4v) is 4.55. The van der Waals surface area contributed by atoms with Crippen molar-refractivity contribution in [3.05, 3.63) is 71.2 Å². The van der Waals surface area contributed by atoms with Crippen LogP contribution in [0.1, 0.15) is 38.8 Å². The Hall–Kier alpha value is -3.94. The van der Waals surface area contributed by atoms with Crippen LogP contribution in [-0.4, -0.2) is 41.4 Å². The van der Waals surface area contributed by atoms with Crippen LogP contribution in [0.3, 0.4) is 0 Å². The monoisotopic (exact) mass is 462 g/mol. The Morgan fingerprint density at radius 1 is 1.18 bits per heavy atom. The third-order valence-electron chi connectivity index (χ3n) is 6.04. The van der Waals surface area contributed by atoms with Gasteiger partial charge in [-0.25, -0.2) is 14.1 Å². The molecule has 0 atom stereocenters. The Balaban J connectivity index is 1.53. The Morgan fingerprint density at radius 2 is 1.91 bits per heavy atom. The van der Waals surface area contributed by atoms with E-state index in [1.807, 2.05) is 18.2 Å². The van der Waals surface area contributed by atoms with Crippen molar-refractivity contribution in [1.29, 1.82) is 0 Å². The minimum absolute atomic E-state index is 0.0166. The van der Waals surface area contributed by atoms with Crippen molar-refractivity contribution in [1.82, 2.24) is 10.2 Å². The number of carbonyl (C=O) groups excluding carboxylic acids is 3. The molecule has 176 valence electrons. The average molecular weight is 463 g/mol. The van der Waals surface area contributed by atoms with Crippen LogP contribution in [0.5, 0.6) is 0 Å². The lowest BCUT2D eigenvalue weighted by Gasteiger charge is -2.42. The number of benzene rings is 2. The van der Waals surface area contributed by atoms with Gasteiger partial charge in [0.25, 0.3) is 5.91 Å². The number of carbonyl (C=O) groups is 3. The standard InChI is InChI=1S/C26H27FN4O3/c1-5-31-22-11-10-17(12-18(22)16(2)14-26(31,3)4)13-21-24(33)30(25(34)29-21)15-23(32)28-20-9-7-6-8-19(20)27/h6-14H,5,15H2,1-4H3,(H,28,32)(H,29,34)/b21-13+. The molecule has 0 saturated carbocycles. The molecule has 0 bridgehead atoms. The maximum atomic E-state index is 13.8. The molecule has 2 aromatic carbocycles. The van der Waals surface area contributed by atoms with Crippen molar-refractivity contribution in [3.8, 4) is 0 Å². The zero-order valence-electron chi connectivity index (χ0n) is 19.6. The molecule has 1 saturated heterocycles. The van der Waals surface area contributed by atoms with Gasteiger partial charge in [0, 0.05) is 17.8 Å². The van der Waals surface area contributed by atoms with Crippen LogP contribution in [0.15, 0.2) is 54.2 Å². The van der Waals surface area contributed by atoms with E-state index < -0.39 is 30.2 Å². The van der Waals surface area contributed by atoms with E-state index in [2.05, 4.69) is 49.3 Å². The molecule has 7 nitrogen and oxygen atoms in total. The van der Waals surface area contributed by atoms with Gasteiger partial charge >= 0.3 is 6.03 Å². The average Bonchev–Trinajstić information content (AvgIpc) is 3.02. The molecule has 4 amide bonds. The van der Waals surface area contributed by atoms with Gasteiger partial charge in [0.15, 0.2) is 0 Å². The van der Waals surface area contributed by atoms with Crippen LogP contribution in [0.4, 0.5) is 20.6 Å². The molecule has 0 unspecified atom stereocenters. The fraction of sp³-hybridized carbons (Fsp3) is 0.269. The summed E-state index contributed by atoms with van der Waals surface area (Å²) in [5, 5.41) is 4.91. The van der Waals surface area contributed by atoms with Gasteiger partial charge in [-0.1, -0.05) is 24.3 Å². The van der Waals surface area contributed by atoms with Gasteiger partial charge in [-0.05, 0) is 69.2 Å². The third-order valence-corrected chi connectivity index (χ3v) is 6.04. The number of halogens is 1. The van der Waals surface area contributed by atoms with E-state index in [4.69, 9.17) is 0 Å². The molecule has 0 radical (unpaired) electrons. The first-order valence-corrected chi connectivity index (χ1v) is 11.1. The van der Waals surface area contributed by atoms with Crippen LogP contribution < -0.4 is 15.5 Å². The summed E-state index contributed by atoms with van der Waals surface area (Å²) in [5.74, 6) is -1.89. The number of amides is 4. The summed E-state index contributed by atoms with van der Waals surface area (Å²) in [5.41, 5.74) is 4.02. The minimum atomic E-state index is -0.701. The second-order valence-electron chi connectivity index (χ2n) is 8.91. The maximum absolute atomic E-state index is 13.8. The van der Waals surface area contributed by atoms with E-state index in [1.54, 1.807) is 12.1 Å². The van der Waals surface area contributed by atoms with Gasteiger partial charge in [-0.2, -0.15) is 0 Å². The number of imide groups is 1. The van der Waals surface area contributed by atoms with Crippen molar-refractivity contribution >= 4 is 40.9 Å². The molecule has 34 heavy (non-hydrogen) atoms. The SMILES string of the molecule is CCN1c2ccc(/C=C3/NC(=O)N(CC(=O)Nc4ccccc4F)C3=O)cc2C(C)=CC1(C)C. The van der Waals surface area contributed by atoms with Crippen LogP contribution in [0.25, 0.3) is 11.6 Å². The first-order chi connectivity index (χ1) is 16.1. The lowest BCUT2D eigenvalue weighted by Crippen LogP contribution is -2.44. The van der Waals surface area contributed by atoms with Gasteiger partial charge in [-0.15, -0.1) is 0 Å². The molecular formula is C26H27FN4O3. The summed E-state index contributed by atoms with van der Waals surface area (Å²) in [7, 11) is 0. The Bertz CT molecular complexity index is 1250. The maximum Gasteiger partial charge on any atom is 0.329 e. The molecule has 1 fully saturated rings. The summed E-state index contributed by atoms with van der Waals surface area (Å²) in [6.07, 6.45) is 3.81. The number of fused-ring (bicyclic) bond motifs is 1. The number of anilines is 2. The summed E-state index contributed by atoms with van der Waals surface area (Å²) < 4.78 is 13.8. The second kappa shape index (κ2) is 8.78. The molecule has 2 heterocycles. The summed E-state index contributed by atoms with van der Waals surface area (Å²) in [4.78, 5) is 40.6. The highest BCUT2D eigenvalue weighted by atomic mass is 19.1. The summed E-state index contributed by atoms with van der Waals surface area (Å²) in [6.45, 7) is 8.83. The Morgan fingerprint density at radius 3 is 2.62 bits per heavy atom. The van der Waals surface area contributed by atoms with Crippen molar-refractivity contribution in [2.75, 3.05) is 23.3 Å². The number of hydrogen-bond donors (Lipinski definition) is 2. The van der Waals surface area contributed by atoms with Crippen LogP contribution >= 0.6 is 0 Å².